The predicted molar refractivity (Wildman–Crippen MR) is 98.5 cm³/mol. The average Bonchev–Trinajstić information content (AvgIpc) is 2.96. The summed E-state index contributed by atoms with van der Waals surface area (Å²) in [6.07, 6.45) is 3.63. The first-order chi connectivity index (χ1) is 12.4. The highest BCUT2D eigenvalue weighted by atomic mass is 32.2. The van der Waals surface area contributed by atoms with E-state index < -0.39 is 10.0 Å². The van der Waals surface area contributed by atoms with Gasteiger partial charge in [-0.05, 0) is 35.8 Å². The topological polar surface area (TPSA) is 66.9 Å². The van der Waals surface area contributed by atoms with Crippen LogP contribution in [0.3, 0.4) is 0 Å². The number of hydrogen-bond acceptors (Lipinski definition) is 4. The smallest absolute Gasteiger partial charge is 0.230 e. The number of piperidine rings is 1. The Hall–Kier alpha value is -1.44. The summed E-state index contributed by atoms with van der Waals surface area (Å²) in [6.45, 7) is 3.60. The molecule has 7 heteroatoms. The van der Waals surface area contributed by atoms with Crippen LogP contribution in [-0.2, 0) is 25.0 Å². The molecule has 1 aromatic rings. The summed E-state index contributed by atoms with van der Waals surface area (Å²) < 4.78 is 30.7. The Morgan fingerprint density at radius 1 is 1.12 bits per heavy atom. The van der Waals surface area contributed by atoms with Crippen molar-refractivity contribution in [3.05, 3.63) is 35.4 Å². The largest absolute Gasteiger partial charge is 0.378 e. The molecule has 2 heterocycles. The molecule has 2 aliphatic heterocycles. The molecule has 26 heavy (non-hydrogen) atoms. The highest BCUT2D eigenvalue weighted by Crippen LogP contribution is 2.52. The fraction of sp³-hybridized carbons (Fsp3) is 0.632. The fourth-order valence-corrected chi connectivity index (χ4v) is 5.68. The maximum atomic E-state index is 13.2. The minimum Gasteiger partial charge on any atom is -0.378 e. The van der Waals surface area contributed by atoms with Gasteiger partial charge < -0.3 is 9.64 Å². The Bertz CT molecular complexity index is 794. The van der Waals surface area contributed by atoms with Gasteiger partial charge in [-0.25, -0.2) is 12.7 Å². The maximum absolute atomic E-state index is 13.2. The van der Waals surface area contributed by atoms with Crippen molar-refractivity contribution in [3.8, 4) is 0 Å². The zero-order valence-corrected chi connectivity index (χ0v) is 16.0. The monoisotopic (exact) mass is 378 g/mol. The molecule has 1 aromatic carbocycles. The van der Waals surface area contributed by atoms with Crippen molar-refractivity contribution in [2.45, 2.75) is 30.6 Å². The van der Waals surface area contributed by atoms with Crippen LogP contribution in [0.15, 0.2) is 24.3 Å². The molecular formula is C19H26N2O4S. The van der Waals surface area contributed by atoms with Crippen molar-refractivity contribution >= 4 is 15.9 Å². The number of rotatable bonds is 2. The molecule has 0 aromatic heterocycles. The second-order valence-corrected chi connectivity index (χ2v) is 9.71. The predicted octanol–water partition coefficient (Wildman–Crippen LogP) is 1.33. The minimum absolute atomic E-state index is 0.0790. The Kier molecular flexibility index (Phi) is 4.57. The first-order valence-electron chi connectivity index (χ1n) is 9.32. The first kappa shape index (κ1) is 17.9. The number of ether oxygens (including phenoxy) is 1. The van der Waals surface area contributed by atoms with Crippen LogP contribution in [0.1, 0.15) is 36.3 Å². The molecule has 0 radical (unpaired) electrons. The van der Waals surface area contributed by atoms with Gasteiger partial charge in [-0.15, -0.1) is 0 Å². The number of morpholine rings is 1. The maximum Gasteiger partial charge on any atom is 0.230 e. The van der Waals surface area contributed by atoms with Gasteiger partial charge in [-0.2, -0.15) is 0 Å². The van der Waals surface area contributed by atoms with E-state index in [9.17, 15) is 13.2 Å². The zero-order valence-electron chi connectivity index (χ0n) is 15.2. The van der Waals surface area contributed by atoms with E-state index in [4.69, 9.17) is 4.74 Å². The summed E-state index contributed by atoms with van der Waals surface area (Å²) in [5.74, 6) is 0.0808. The molecule has 1 aliphatic carbocycles. The minimum atomic E-state index is -3.15. The van der Waals surface area contributed by atoms with Crippen LogP contribution in [0.25, 0.3) is 0 Å². The SMILES string of the molecule is CS(=O)(=O)N1CCC2(CC1)C[C@@H](C(=O)N1CCOCC1)c1ccccc12. The summed E-state index contributed by atoms with van der Waals surface area (Å²) in [6, 6.07) is 8.25. The molecule has 1 atom stereocenters. The van der Waals surface area contributed by atoms with Gasteiger partial charge in [-0.3, -0.25) is 4.79 Å². The van der Waals surface area contributed by atoms with E-state index in [1.165, 1.54) is 11.8 Å². The summed E-state index contributed by atoms with van der Waals surface area (Å²) in [5.41, 5.74) is 2.31. The number of sulfonamides is 1. The van der Waals surface area contributed by atoms with Gasteiger partial charge in [0.15, 0.2) is 0 Å². The Balaban J connectivity index is 1.60. The summed E-state index contributed by atoms with van der Waals surface area (Å²) >= 11 is 0. The Labute approximate surface area is 155 Å². The second kappa shape index (κ2) is 6.62. The molecule has 4 rings (SSSR count). The Morgan fingerprint density at radius 2 is 1.77 bits per heavy atom. The van der Waals surface area contributed by atoms with Crippen molar-refractivity contribution in [1.29, 1.82) is 0 Å². The molecule has 2 fully saturated rings. The molecule has 1 amide bonds. The van der Waals surface area contributed by atoms with Gasteiger partial charge >= 0.3 is 0 Å². The molecule has 0 saturated carbocycles. The van der Waals surface area contributed by atoms with Crippen LogP contribution in [0.4, 0.5) is 0 Å². The van der Waals surface area contributed by atoms with E-state index in [-0.39, 0.29) is 17.2 Å². The van der Waals surface area contributed by atoms with Crippen molar-refractivity contribution in [2.24, 2.45) is 0 Å². The lowest BCUT2D eigenvalue weighted by atomic mass is 9.74. The molecule has 0 unspecified atom stereocenters. The van der Waals surface area contributed by atoms with Gasteiger partial charge in [0.1, 0.15) is 0 Å². The third kappa shape index (κ3) is 3.06. The van der Waals surface area contributed by atoms with E-state index >= 15 is 0 Å². The van der Waals surface area contributed by atoms with Gasteiger partial charge in [0.25, 0.3) is 0 Å². The summed E-state index contributed by atoms with van der Waals surface area (Å²) in [7, 11) is -3.15. The van der Waals surface area contributed by atoms with Gasteiger partial charge in [-0.1, -0.05) is 24.3 Å². The molecule has 142 valence electrons. The van der Waals surface area contributed by atoms with Crippen molar-refractivity contribution in [3.63, 3.8) is 0 Å². The zero-order chi connectivity index (χ0) is 18.4. The molecule has 0 bridgehead atoms. The molecule has 1 spiro atoms. The normalized spacial score (nSPS) is 26.0. The van der Waals surface area contributed by atoms with Crippen molar-refractivity contribution in [1.82, 2.24) is 9.21 Å². The quantitative estimate of drug-likeness (QED) is 0.779. The first-order valence-corrected chi connectivity index (χ1v) is 11.2. The van der Waals surface area contributed by atoms with Crippen molar-refractivity contribution < 1.29 is 17.9 Å². The highest BCUT2D eigenvalue weighted by Gasteiger charge is 2.49. The van der Waals surface area contributed by atoms with Crippen LogP contribution in [-0.4, -0.2) is 69.2 Å². The average molecular weight is 378 g/mol. The van der Waals surface area contributed by atoms with E-state index in [0.29, 0.717) is 39.4 Å². The van der Waals surface area contributed by atoms with E-state index in [1.54, 1.807) is 4.31 Å². The van der Waals surface area contributed by atoms with Gasteiger partial charge in [0.05, 0.1) is 25.4 Å². The fourth-order valence-electron chi connectivity index (χ4n) is 4.84. The molecule has 0 N–H and O–H groups in total. The summed E-state index contributed by atoms with van der Waals surface area (Å²) in [4.78, 5) is 15.1. The lowest BCUT2D eigenvalue weighted by Crippen LogP contribution is -2.45. The highest BCUT2D eigenvalue weighted by molar-refractivity contribution is 7.88. The molecular weight excluding hydrogens is 352 g/mol. The van der Waals surface area contributed by atoms with Gasteiger partial charge in [0, 0.05) is 26.2 Å². The van der Waals surface area contributed by atoms with Crippen LogP contribution < -0.4 is 0 Å². The third-order valence-electron chi connectivity index (χ3n) is 6.27. The van der Waals surface area contributed by atoms with Crippen LogP contribution in [0.2, 0.25) is 0 Å². The van der Waals surface area contributed by atoms with Crippen LogP contribution in [0.5, 0.6) is 0 Å². The third-order valence-corrected chi connectivity index (χ3v) is 7.57. The number of amides is 1. The number of benzene rings is 1. The molecule has 6 nitrogen and oxygen atoms in total. The number of carbonyl (C=O) groups excluding carboxylic acids is 1. The standard InChI is InChI=1S/C19H26N2O4S/c1-26(23,24)21-8-6-19(7-9-21)14-16(15-4-2-3-5-17(15)19)18(22)20-10-12-25-13-11-20/h2-5,16H,6-14H2,1H3/t16-/m1/s1. The van der Waals surface area contributed by atoms with Gasteiger partial charge in [0.2, 0.25) is 15.9 Å². The Morgan fingerprint density at radius 3 is 2.42 bits per heavy atom. The van der Waals surface area contributed by atoms with E-state index in [0.717, 1.165) is 24.8 Å². The second-order valence-electron chi connectivity index (χ2n) is 7.72. The molecule has 3 aliphatic rings. The van der Waals surface area contributed by atoms with Crippen molar-refractivity contribution in [2.75, 3.05) is 45.6 Å². The number of fused-ring (bicyclic) bond motifs is 2. The number of nitrogens with zero attached hydrogens (tertiary/aromatic N) is 2. The number of carbonyl (C=O) groups is 1. The summed E-state index contributed by atoms with van der Waals surface area (Å²) in [5, 5.41) is 0. The lowest BCUT2D eigenvalue weighted by Gasteiger charge is -2.39. The van der Waals surface area contributed by atoms with E-state index in [2.05, 4.69) is 12.1 Å². The lowest BCUT2D eigenvalue weighted by molar-refractivity contribution is -0.137. The van der Waals surface area contributed by atoms with Crippen LogP contribution in [0, 0.1) is 0 Å². The van der Waals surface area contributed by atoms with Crippen LogP contribution >= 0.6 is 0 Å². The molecule has 2 saturated heterocycles. The number of hydrogen-bond donors (Lipinski definition) is 0. The van der Waals surface area contributed by atoms with E-state index in [1.807, 2.05) is 17.0 Å².